The van der Waals surface area contributed by atoms with E-state index in [1.807, 2.05) is 17.0 Å². The Balaban J connectivity index is 2.00. The van der Waals surface area contributed by atoms with Gasteiger partial charge in [-0.05, 0) is 64.7 Å². The number of aromatic nitrogens is 1. The summed E-state index contributed by atoms with van der Waals surface area (Å²) in [6.07, 6.45) is 7.43. The second kappa shape index (κ2) is 8.71. The topological polar surface area (TPSA) is 70.6 Å². The van der Waals surface area contributed by atoms with E-state index < -0.39 is 10.0 Å². The third-order valence-electron chi connectivity index (χ3n) is 5.04. The number of halogens is 1. The molecule has 2 aromatic rings. The Labute approximate surface area is 174 Å². The Bertz CT molecular complexity index is 948. The number of likely N-dealkylation sites (tertiary alicyclic amines) is 1. The van der Waals surface area contributed by atoms with Crippen molar-refractivity contribution < 1.29 is 13.2 Å². The van der Waals surface area contributed by atoms with Crippen molar-refractivity contribution >= 4 is 31.9 Å². The van der Waals surface area contributed by atoms with Gasteiger partial charge in [-0.25, -0.2) is 12.7 Å². The average molecular weight is 466 g/mol. The molecule has 1 saturated heterocycles. The maximum absolute atomic E-state index is 13.4. The van der Waals surface area contributed by atoms with Gasteiger partial charge in [0.05, 0.1) is 10.9 Å². The second-order valence-electron chi connectivity index (χ2n) is 7.08. The van der Waals surface area contributed by atoms with Gasteiger partial charge in [0.15, 0.2) is 0 Å². The number of pyridine rings is 1. The van der Waals surface area contributed by atoms with Crippen molar-refractivity contribution in [2.75, 3.05) is 20.6 Å². The zero-order chi connectivity index (χ0) is 20.3. The molecule has 150 valence electrons. The van der Waals surface area contributed by atoms with E-state index >= 15 is 0 Å². The van der Waals surface area contributed by atoms with Crippen molar-refractivity contribution in [3.05, 3.63) is 58.3 Å². The van der Waals surface area contributed by atoms with E-state index in [4.69, 9.17) is 0 Å². The number of carbonyl (C=O) groups is 1. The molecule has 1 aromatic carbocycles. The summed E-state index contributed by atoms with van der Waals surface area (Å²) in [5, 5.41) is 0. The molecule has 1 aromatic heterocycles. The molecule has 1 atom stereocenters. The van der Waals surface area contributed by atoms with E-state index in [-0.39, 0.29) is 16.8 Å². The van der Waals surface area contributed by atoms with Crippen LogP contribution in [0.25, 0.3) is 0 Å². The maximum atomic E-state index is 13.4. The fourth-order valence-corrected chi connectivity index (χ4v) is 5.32. The highest BCUT2D eigenvalue weighted by molar-refractivity contribution is 9.10. The molecule has 0 aliphatic carbocycles. The molecule has 1 amide bonds. The molecular weight excluding hydrogens is 442 g/mol. The fraction of sp³-hybridized carbons (Fsp3) is 0.400. The first-order chi connectivity index (χ1) is 13.3. The number of sulfonamides is 1. The summed E-state index contributed by atoms with van der Waals surface area (Å²) in [4.78, 5) is 19.4. The van der Waals surface area contributed by atoms with Crippen LogP contribution < -0.4 is 0 Å². The van der Waals surface area contributed by atoms with Gasteiger partial charge in [0.1, 0.15) is 0 Å². The van der Waals surface area contributed by atoms with Crippen LogP contribution >= 0.6 is 15.9 Å². The molecule has 2 heterocycles. The lowest BCUT2D eigenvalue weighted by Crippen LogP contribution is -2.35. The van der Waals surface area contributed by atoms with Crippen LogP contribution in [0.5, 0.6) is 0 Å². The summed E-state index contributed by atoms with van der Waals surface area (Å²) in [6.45, 7) is 0.650. The average Bonchev–Trinajstić information content (AvgIpc) is 2.94. The largest absolute Gasteiger partial charge is 0.332 e. The molecule has 28 heavy (non-hydrogen) atoms. The van der Waals surface area contributed by atoms with Gasteiger partial charge >= 0.3 is 0 Å². The third kappa shape index (κ3) is 4.29. The molecule has 0 bridgehead atoms. The molecule has 0 N–H and O–H groups in total. The Morgan fingerprint density at radius 1 is 1.14 bits per heavy atom. The van der Waals surface area contributed by atoms with Gasteiger partial charge in [0, 0.05) is 43.1 Å². The van der Waals surface area contributed by atoms with Gasteiger partial charge in [-0.15, -0.1) is 0 Å². The van der Waals surface area contributed by atoms with E-state index in [1.165, 1.54) is 20.2 Å². The number of rotatable bonds is 4. The summed E-state index contributed by atoms with van der Waals surface area (Å²) in [5.41, 5.74) is 1.44. The summed E-state index contributed by atoms with van der Waals surface area (Å²) < 4.78 is 26.8. The van der Waals surface area contributed by atoms with E-state index in [0.29, 0.717) is 16.6 Å². The van der Waals surface area contributed by atoms with Gasteiger partial charge in [-0.2, -0.15) is 0 Å². The second-order valence-corrected chi connectivity index (χ2v) is 10.1. The Hall–Kier alpha value is -1.77. The zero-order valence-corrected chi connectivity index (χ0v) is 18.4. The first-order valence-corrected chi connectivity index (χ1v) is 11.5. The van der Waals surface area contributed by atoms with Crippen LogP contribution in [-0.2, 0) is 10.0 Å². The Morgan fingerprint density at radius 2 is 1.86 bits per heavy atom. The van der Waals surface area contributed by atoms with Crippen LogP contribution in [0.1, 0.15) is 47.6 Å². The lowest BCUT2D eigenvalue weighted by atomic mass is 10.0. The molecule has 3 rings (SSSR count). The highest BCUT2D eigenvalue weighted by Crippen LogP contribution is 2.32. The summed E-state index contributed by atoms with van der Waals surface area (Å²) in [6, 6.07) is 8.63. The van der Waals surface area contributed by atoms with E-state index in [0.717, 1.165) is 35.6 Å². The van der Waals surface area contributed by atoms with Crippen LogP contribution in [0.4, 0.5) is 0 Å². The van der Waals surface area contributed by atoms with Gasteiger partial charge in [0.25, 0.3) is 5.91 Å². The zero-order valence-electron chi connectivity index (χ0n) is 16.0. The van der Waals surface area contributed by atoms with Crippen molar-refractivity contribution in [3.63, 3.8) is 0 Å². The first-order valence-electron chi connectivity index (χ1n) is 9.25. The molecule has 8 heteroatoms. The van der Waals surface area contributed by atoms with E-state index in [1.54, 1.807) is 24.5 Å². The number of hydrogen-bond acceptors (Lipinski definition) is 4. The van der Waals surface area contributed by atoms with Crippen molar-refractivity contribution in [1.82, 2.24) is 14.2 Å². The monoisotopic (exact) mass is 465 g/mol. The predicted octanol–water partition coefficient (Wildman–Crippen LogP) is 3.85. The molecule has 1 aliphatic heterocycles. The Morgan fingerprint density at radius 3 is 2.54 bits per heavy atom. The third-order valence-corrected chi connectivity index (χ3v) is 7.85. The van der Waals surface area contributed by atoms with Gasteiger partial charge in [-0.3, -0.25) is 9.78 Å². The number of hydrogen-bond donors (Lipinski definition) is 0. The quantitative estimate of drug-likeness (QED) is 0.687. The van der Waals surface area contributed by atoms with E-state index in [9.17, 15) is 13.2 Å². The summed E-state index contributed by atoms with van der Waals surface area (Å²) in [7, 11) is -0.706. The normalized spacial score (nSPS) is 18.1. The lowest BCUT2D eigenvalue weighted by molar-refractivity contribution is 0.0680. The lowest BCUT2D eigenvalue weighted by Gasteiger charge is -2.30. The molecule has 0 radical (unpaired) electrons. The van der Waals surface area contributed by atoms with Crippen molar-refractivity contribution in [3.8, 4) is 0 Å². The SMILES string of the molecule is CN(C)S(=O)(=O)c1cc(C(=O)N2CCCCCC2c2ccncc2)ccc1Br. The van der Waals surface area contributed by atoms with Crippen molar-refractivity contribution in [1.29, 1.82) is 0 Å². The maximum Gasteiger partial charge on any atom is 0.254 e. The Kier molecular flexibility index (Phi) is 6.52. The highest BCUT2D eigenvalue weighted by Gasteiger charge is 2.29. The van der Waals surface area contributed by atoms with Gasteiger partial charge in [-0.1, -0.05) is 12.8 Å². The number of nitrogens with zero attached hydrogens (tertiary/aromatic N) is 3. The number of carbonyl (C=O) groups excluding carboxylic acids is 1. The fourth-order valence-electron chi connectivity index (χ4n) is 3.48. The molecule has 1 unspecified atom stereocenters. The molecule has 0 spiro atoms. The summed E-state index contributed by atoms with van der Waals surface area (Å²) >= 11 is 3.30. The minimum Gasteiger partial charge on any atom is -0.332 e. The minimum atomic E-state index is -3.66. The smallest absolute Gasteiger partial charge is 0.254 e. The predicted molar refractivity (Wildman–Crippen MR) is 111 cm³/mol. The van der Waals surface area contributed by atoms with Crippen molar-refractivity contribution in [2.45, 2.75) is 36.6 Å². The van der Waals surface area contributed by atoms with E-state index in [2.05, 4.69) is 20.9 Å². The number of benzene rings is 1. The highest BCUT2D eigenvalue weighted by atomic mass is 79.9. The van der Waals surface area contributed by atoms with Crippen LogP contribution in [0.15, 0.2) is 52.1 Å². The molecule has 6 nitrogen and oxygen atoms in total. The first kappa shape index (κ1) is 21.0. The molecule has 0 saturated carbocycles. The minimum absolute atomic E-state index is 0.0319. The molecule has 1 fully saturated rings. The van der Waals surface area contributed by atoms with Crippen LogP contribution in [-0.4, -0.2) is 49.2 Å². The molecule has 1 aliphatic rings. The van der Waals surface area contributed by atoms with Crippen molar-refractivity contribution in [2.24, 2.45) is 0 Å². The summed E-state index contributed by atoms with van der Waals surface area (Å²) in [5.74, 6) is -0.147. The van der Waals surface area contributed by atoms with Crippen LogP contribution in [0.2, 0.25) is 0 Å². The van der Waals surface area contributed by atoms with Gasteiger partial charge in [0.2, 0.25) is 10.0 Å². The van der Waals surface area contributed by atoms with Gasteiger partial charge < -0.3 is 4.90 Å². The number of amides is 1. The molecular formula is C20H24BrN3O3S. The van der Waals surface area contributed by atoms with Crippen LogP contribution in [0.3, 0.4) is 0 Å². The standard InChI is InChI=1S/C20H24BrN3O3S/c1-23(2)28(26,27)19-14-16(7-8-17(19)21)20(25)24-13-5-3-4-6-18(24)15-9-11-22-12-10-15/h7-12,14,18H,3-6,13H2,1-2H3. The van der Waals surface area contributed by atoms with Crippen LogP contribution in [0, 0.1) is 0 Å².